The monoisotopic (exact) mass is 307 g/mol. The number of hydrogen-bond donors (Lipinski definition) is 1. The van der Waals surface area contributed by atoms with Gasteiger partial charge in [-0.3, -0.25) is 4.68 Å². The van der Waals surface area contributed by atoms with E-state index in [9.17, 15) is 0 Å². The molecule has 2 heterocycles. The molecular weight excluding hydrogens is 278 g/mol. The highest BCUT2D eigenvalue weighted by Gasteiger charge is 2.25. The number of thioether (sulfide) groups is 1. The summed E-state index contributed by atoms with van der Waals surface area (Å²) in [6.07, 6.45) is 12.8. The molecule has 0 radical (unpaired) electrons. The first-order valence-corrected chi connectivity index (χ1v) is 9.80. The van der Waals surface area contributed by atoms with Crippen LogP contribution in [0.25, 0.3) is 0 Å². The summed E-state index contributed by atoms with van der Waals surface area (Å²) in [6.45, 7) is 3.28. The first-order valence-electron chi connectivity index (χ1n) is 8.76. The number of nitrogens with zero attached hydrogens (tertiary/aromatic N) is 2. The molecule has 3 nitrogen and oxygen atoms in total. The Kier molecular flexibility index (Phi) is 5.64. The van der Waals surface area contributed by atoms with E-state index in [0.717, 1.165) is 18.2 Å². The van der Waals surface area contributed by atoms with Crippen molar-refractivity contribution in [3.8, 4) is 0 Å². The van der Waals surface area contributed by atoms with E-state index in [-0.39, 0.29) is 0 Å². The molecule has 1 saturated carbocycles. The molecule has 1 aliphatic carbocycles. The van der Waals surface area contributed by atoms with Crippen LogP contribution < -0.4 is 5.32 Å². The summed E-state index contributed by atoms with van der Waals surface area (Å²) < 4.78 is 2.24. The quantitative estimate of drug-likeness (QED) is 0.867. The van der Waals surface area contributed by atoms with Gasteiger partial charge in [0, 0.05) is 23.9 Å². The second kappa shape index (κ2) is 7.68. The standard InChI is InChI=1S/C17H29N3S/c1-2-18-16(17-9-5-6-12-21-17)13-14-10-11-20(19-14)15-7-3-4-8-15/h10-11,15-18H,2-9,12-13H2,1H3. The van der Waals surface area contributed by atoms with Gasteiger partial charge in [-0.1, -0.05) is 26.2 Å². The molecule has 1 saturated heterocycles. The average molecular weight is 308 g/mol. The largest absolute Gasteiger partial charge is 0.313 e. The number of hydrogen-bond acceptors (Lipinski definition) is 3. The van der Waals surface area contributed by atoms with Crippen LogP contribution in [0.4, 0.5) is 0 Å². The molecule has 2 aliphatic rings. The lowest BCUT2D eigenvalue weighted by atomic mass is 10.0. The second-order valence-electron chi connectivity index (χ2n) is 6.50. The maximum atomic E-state index is 4.88. The van der Waals surface area contributed by atoms with Gasteiger partial charge in [-0.25, -0.2) is 0 Å². The first kappa shape index (κ1) is 15.4. The zero-order chi connectivity index (χ0) is 14.5. The first-order chi connectivity index (χ1) is 10.4. The van der Waals surface area contributed by atoms with Gasteiger partial charge < -0.3 is 5.32 Å². The predicted octanol–water partition coefficient (Wildman–Crippen LogP) is 3.80. The van der Waals surface area contributed by atoms with Crippen LogP contribution in [0.1, 0.15) is 63.6 Å². The predicted molar refractivity (Wildman–Crippen MR) is 91.0 cm³/mol. The lowest BCUT2D eigenvalue weighted by molar-refractivity contribution is 0.445. The van der Waals surface area contributed by atoms with Crippen LogP contribution in [0, 0.1) is 0 Å². The van der Waals surface area contributed by atoms with E-state index in [1.165, 1.54) is 56.4 Å². The number of likely N-dealkylation sites (N-methyl/N-ethyl adjacent to an activating group) is 1. The highest BCUT2D eigenvalue weighted by atomic mass is 32.2. The third kappa shape index (κ3) is 4.04. The molecule has 1 N–H and O–H groups in total. The maximum absolute atomic E-state index is 4.88. The van der Waals surface area contributed by atoms with Gasteiger partial charge in [0.05, 0.1) is 11.7 Å². The van der Waals surface area contributed by atoms with Gasteiger partial charge in [0.25, 0.3) is 0 Å². The lowest BCUT2D eigenvalue weighted by Gasteiger charge is -2.30. The van der Waals surface area contributed by atoms with Crippen LogP contribution in [0.2, 0.25) is 0 Å². The Morgan fingerprint density at radius 2 is 2.10 bits per heavy atom. The maximum Gasteiger partial charge on any atom is 0.0640 e. The van der Waals surface area contributed by atoms with Gasteiger partial charge >= 0.3 is 0 Å². The Labute approximate surface area is 133 Å². The Hall–Kier alpha value is -0.480. The van der Waals surface area contributed by atoms with E-state index >= 15 is 0 Å². The van der Waals surface area contributed by atoms with Crippen LogP contribution in [0.15, 0.2) is 12.3 Å². The van der Waals surface area contributed by atoms with Gasteiger partial charge in [0.1, 0.15) is 0 Å². The van der Waals surface area contributed by atoms with Crippen LogP contribution in [-0.4, -0.2) is 33.4 Å². The molecule has 0 bridgehead atoms. The summed E-state index contributed by atoms with van der Waals surface area (Å²) in [5, 5.41) is 9.36. The van der Waals surface area contributed by atoms with Crippen LogP contribution in [0.3, 0.4) is 0 Å². The lowest BCUT2D eigenvalue weighted by Crippen LogP contribution is -2.41. The zero-order valence-corrected chi connectivity index (χ0v) is 14.1. The SMILES string of the molecule is CCNC(Cc1ccn(C2CCCC2)n1)C1CCCCS1. The second-order valence-corrected chi connectivity index (χ2v) is 7.85. The van der Waals surface area contributed by atoms with E-state index in [0.29, 0.717) is 12.1 Å². The fourth-order valence-corrected chi connectivity index (χ4v) is 5.20. The summed E-state index contributed by atoms with van der Waals surface area (Å²) in [4.78, 5) is 0. The van der Waals surface area contributed by atoms with Crippen molar-refractivity contribution in [2.24, 2.45) is 0 Å². The summed E-state index contributed by atoms with van der Waals surface area (Å²) >= 11 is 2.17. The molecule has 1 aliphatic heterocycles. The van der Waals surface area contributed by atoms with Crippen molar-refractivity contribution in [1.82, 2.24) is 15.1 Å². The molecule has 2 unspecified atom stereocenters. The molecule has 2 fully saturated rings. The van der Waals surface area contributed by atoms with Crippen LogP contribution in [-0.2, 0) is 6.42 Å². The Balaban J connectivity index is 1.61. The summed E-state index contributed by atoms with van der Waals surface area (Å²) in [6, 6.07) is 3.50. The minimum absolute atomic E-state index is 0.590. The van der Waals surface area contributed by atoms with Gasteiger partial charge in [0.15, 0.2) is 0 Å². The van der Waals surface area contributed by atoms with Crippen molar-refractivity contribution in [2.75, 3.05) is 12.3 Å². The van der Waals surface area contributed by atoms with Gasteiger partial charge in [-0.15, -0.1) is 0 Å². The Morgan fingerprint density at radius 3 is 2.81 bits per heavy atom. The van der Waals surface area contributed by atoms with E-state index in [1.54, 1.807) is 0 Å². The van der Waals surface area contributed by atoms with E-state index in [1.807, 2.05) is 0 Å². The van der Waals surface area contributed by atoms with Gasteiger partial charge in [-0.05, 0) is 44.0 Å². The van der Waals surface area contributed by atoms with E-state index in [2.05, 4.69) is 40.9 Å². The van der Waals surface area contributed by atoms with Crippen molar-refractivity contribution >= 4 is 11.8 Å². The fraction of sp³-hybridized carbons (Fsp3) is 0.824. The number of rotatable bonds is 6. The van der Waals surface area contributed by atoms with Gasteiger partial charge in [-0.2, -0.15) is 16.9 Å². The summed E-state index contributed by atoms with van der Waals surface area (Å²) in [7, 11) is 0. The Morgan fingerprint density at radius 1 is 1.29 bits per heavy atom. The summed E-state index contributed by atoms with van der Waals surface area (Å²) in [5.74, 6) is 1.34. The summed E-state index contributed by atoms with van der Waals surface area (Å²) in [5.41, 5.74) is 1.28. The van der Waals surface area contributed by atoms with Crippen molar-refractivity contribution < 1.29 is 0 Å². The molecule has 0 aromatic carbocycles. The highest BCUT2D eigenvalue weighted by molar-refractivity contribution is 8.00. The van der Waals surface area contributed by atoms with Crippen molar-refractivity contribution in [2.45, 2.75) is 75.6 Å². The topological polar surface area (TPSA) is 29.9 Å². The molecule has 4 heteroatoms. The molecule has 2 atom stereocenters. The third-order valence-electron chi connectivity index (χ3n) is 4.92. The minimum Gasteiger partial charge on any atom is -0.313 e. The molecule has 21 heavy (non-hydrogen) atoms. The number of nitrogens with one attached hydrogen (secondary N) is 1. The smallest absolute Gasteiger partial charge is 0.0640 e. The molecular formula is C17H29N3S. The molecule has 0 amide bonds. The molecule has 118 valence electrons. The highest BCUT2D eigenvalue weighted by Crippen LogP contribution is 2.30. The van der Waals surface area contributed by atoms with Gasteiger partial charge in [0.2, 0.25) is 0 Å². The van der Waals surface area contributed by atoms with Crippen molar-refractivity contribution in [1.29, 1.82) is 0 Å². The number of aromatic nitrogens is 2. The minimum atomic E-state index is 0.590. The third-order valence-corrected chi connectivity index (χ3v) is 6.44. The van der Waals surface area contributed by atoms with Crippen LogP contribution in [0.5, 0.6) is 0 Å². The fourth-order valence-electron chi connectivity index (χ4n) is 3.76. The van der Waals surface area contributed by atoms with Crippen LogP contribution >= 0.6 is 11.8 Å². The molecule has 1 aromatic heterocycles. The molecule has 3 rings (SSSR count). The van der Waals surface area contributed by atoms with E-state index < -0.39 is 0 Å². The van der Waals surface area contributed by atoms with Crippen molar-refractivity contribution in [3.63, 3.8) is 0 Å². The van der Waals surface area contributed by atoms with Crippen molar-refractivity contribution in [3.05, 3.63) is 18.0 Å². The molecule has 0 spiro atoms. The van der Waals surface area contributed by atoms with E-state index in [4.69, 9.17) is 5.10 Å². The Bertz CT molecular complexity index is 419. The zero-order valence-electron chi connectivity index (χ0n) is 13.3. The average Bonchev–Trinajstić information content (AvgIpc) is 3.19. The molecule has 1 aromatic rings. The normalized spacial score (nSPS) is 25.3.